The molecular formula is C16H19FN2. The summed E-state index contributed by atoms with van der Waals surface area (Å²) < 4.78 is 12.8. The maximum Gasteiger partial charge on any atom is 0.123 e. The van der Waals surface area contributed by atoms with Crippen molar-refractivity contribution >= 4 is 5.69 Å². The molecule has 1 unspecified atom stereocenters. The van der Waals surface area contributed by atoms with Gasteiger partial charge in [-0.1, -0.05) is 29.8 Å². The highest BCUT2D eigenvalue weighted by atomic mass is 19.1. The SMILES string of the molecule is Cc1ccc(NCCC(N)c2ccc(F)cc2)cc1. The third-order valence-corrected chi connectivity index (χ3v) is 3.13. The molecule has 0 heterocycles. The van der Waals surface area contributed by atoms with Crippen LogP contribution >= 0.6 is 0 Å². The molecule has 1 atom stereocenters. The maximum absolute atomic E-state index is 12.8. The summed E-state index contributed by atoms with van der Waals surface area (Å²) in [6, 6.07) is 14.6. The van der Waals surface area contributed by atoms with E-state index in [4.69, 9.17) is 5.73 Å². The Kier molecular flexibility index (Phi) is 4.53. The first kappa shape index (κ1) is 13.6. The lowest BCUT2D eigenvalue weighted by atomic mass is 10.0. The van der Waals surface area contributed by atoms with Crippen LogP contribution < -0.4 is 11.1 Å². The zero-order chi connectivity index (χ0) is 13.7. The molecule has 2 nitrogen and oxygen atoms in total. The zero-order valence-electron chi connectivity index (χ0n) is 11.1. The van der Waals surface area contributed by atoms with Crippen molar-refractivity contribution in [2.45, 2.75) is 19.4 Å². The molecule has 0 aliphatic rings. The van der Waals surface area contributed by atoms with Crippen molar-refractivity contribution in [1.29, 1.82) is 0 Å². The second kappa shape index (κ2) is 6.34. The fraction of sp³-hybridized carbons (Fsp3) is 0.250. The summed E-state index contributed by atoms with van der Waals surface area (Å²) in [7, 11) is 0. The van der Waals surface area contributed by atoms with Crippen molar-refractivity contribution in [3.8, 4) is 0 Å². The lowest BCUT2D eigenvalue weighted by Gasteiger charge is -2.13. The molecule has 0 bridgehead atoms. The average molecular weight is 258 g/mol. The first-order valence-corrected chi connectivity index (χ1v) is 6.47. The summed E-state index contributed by atoms with van der Waals surface area (Å²) in [4.78, 5) is 0. The summed E-state index contributed by atoms with van der Waals surface area (Å²) >= 11 is 0. The monoisotopic (exact) mass is 258 g/mol. The summed E-state index contributed by atoms with van der Waals surface area (Å²) in [5, 5.41) is 3.33. The molecule has 0 fully saturated rings. The highest BCUT2D eigenvalue weighted by Gasteiger charge is 2.05. The number of aryl methyl sites for hydroxylation is 1. The topological polar surface area (TPSA) is 38.0 Å². The summed E-state index contributed by atoms with van der Waals surface area (Å²) in [6.07, 6.45) is 0.805. The Morgan fingerprint density at radius 1 is 1.05 bits per heavy atom. The van der Waals surface area contributed by atoms with Crippen molar-refractivity contribution in [3.05, 3.63) is 65.5 Å². The van der Waals surface area contributed by atoms with Crippen LogP contribution in [-0.4, -0.2) is 6.54 Å². The van der Waals surface area contributed by atoms with E-state index < -0.39 is 0 Å². The fourth-order valence-electron chi connectivity index (χ4n) is 1.92. The van der Waals surface area contributed by atoms with Gasteiger partial charge in [0, 0.05) is 18.3 Å². The van der Waals surface area contributed by atoms with Gasteiger partial charge in [0.1, 0.15) is 5.82 Å². The minimum absolute atomic E-state index is 0.0708. The van der Waals surface area contributed by atoms with Gasteiger partial charge in [-0.25, -0.2) is 4.39 Å². The van der Waals surface area contributed by atoms with E-state index in [-0.39, 0.29) is 11.9 Å². The van der Waals surface area contributed by atoms with Gasteiger partial charge in [-0.2, -0.15) is 0 Å². The molecule has 2 aromatic carbocycles. The van der Waals surface area contributed by atoms with Crippen LogP contribution in [0.3, 0.4) is 0 Å². The molecule has 19 heavy (non-hydrogen) atoms. The van der Waals surface area contributed by atoms with Crippen LogP contribution in [0, 0.1) is 12.7 Å². The molecule has 3 N–H and O–H groups in total. The average Bonchev–Trinajstić information content (AvgIpc) is 2.41. The molecule has 0 amide bonds. The van der Waals surface area contributed by atoms with Gasteiger partial charge in [-0.05, 0) is 43.2 Å². The number of hydrogen-bond donors (Lipinski definition) is 2. The quantitative estimate of drug-likeness (QED) is 0.859. The molecule has 2 rings (SSSR count). The largest absolute Gasteiger partial charge is 0.385 e. The standard InChI is InChI=1S/C16H19FN2/c1-12-2-8-15(9-3-12)19-11-10-16(18)13-4-6-14(17)7-5-13/h2-9,16,19H,10-11,18H2,1H3. The van der Waals surface area contributed by atoms with Gasteiger partial charge in [0.25, 0.3) is 0 Å². The minimum atomic E-state index is -0.228. The van der Waals surface area contributed by atoms with E-state index in [1.54, 1.807) is 12.1 Å². The lowest BCUT2D eigenvalue weighted by Crippen LogP contribution is -2.15. The zero-order valence-corrected chi connectivity index (χ0v) is 11.1. The van der Waals surface area contributed by atoms with Crippen LogP contribution in [0.2, 0.25) is 0 Å². The molecule has 0 aromatic heterocycles. The normalized spacial score (nSPS) is 12.2. The van der Waals surface area contributed by atoms with Gasteiger partial charge in [0.15, 0.2) is 0 Å². The van der Waals surface area contributed by atoms with Crippen molar-refractivity contribution in [1.82, 2.24) is 0 Å². The number of halogens is 1. The van der Waals surface area contributed by atoms with Crippen molar-refractivity contribution < 1.29 is 4.39 Å². The molecule has 100 valence electrons. The van der Waals surface area contributed by atoms with Crippen LogP contribution in [0.15, 0.2) is 48.5 Å². The van der Waals surface area contributed by atoms with Crippen LogP contribution in [0.25, 0.3) is 0 Å². The van der Waals surface area contributed by atoms with Crippen molar-refractivity contribution in [3.63, 3.8) is 0 Å². The fourth-order valence-corrected chi connectivity index (χ4v) is 1.92. The maximum atomic E-state index is 12.8. The van der Waals surface area contributed by atoms with E-state index in [1.165, 1.54) is 17.7 Å². The van der Waals surface area contributed by atoms with Crippen LogP contribution in [0.4, 0.5) is 10.1 Å². The smallest absolute Gasteiger partial charge is 0.123 e. The van der Waals surface area contributed by atoms with E-state index >= 15 is 0 Å². The van der Waals surface area contributed by atoms with Gasteiger partial charge in [-0.15, -0.1) is 0 Å². The van der Waals surface area contributed by atoms with Gasteiger partial charge in [0.05, 0.1) is 0 Å². The number of rotatable bonds is 5. The second-order valence-electron chi connectivity index (χ2n) is 4.74. The van der Waals surface area contributed by atoms with Gasteiger partial charge < -0.3 is 11.1 Å². The molecule has 3 heteroatoms. The Labute approximate surface area is 113 Å². The number of anilines is 1. The van der Waals surface area contributed by atoms with Crippen molar-refractivity contribution in [2.75, 3.05) is 11.9 Å². The highest BCUT2D eigenvalue weighted by Crippen LogP contribution is 2.15. The number of nitrogens with one attached hydrogen (secondary N) is 1. The Morgan fingerprint density at radius 2 is 1.68 bits per heavy atom. The minimum Gasteiger partial charge on any atom is -0.385 e. The van der Waals surface area contributed by atoms with Crippen LogP contribution in [0.1, 0.15) is 23.6 Å². The molecule has 0 aliphatic carbocycles. The van der Waals surface area contributed by atoms with Gasteiger partial charge in [0.2, 0.25) is 0 Å². The third kappa shape index (κ3) is 4.07. The number of nitrogens with two attached hydrogens (primary N) is 1. The highest BCUT2D eigenvalue weighted by molar-refractivity contribution is 5.44. The predicted octanol–water partition coefficient (Wildman–Crippen LogP) is 3.64. The number of hydrogen-bond acceptors (Lipinski definition) is 2. The van der Waals surface area contributed by atoms with Crippen LogP contribution in [-0.2, 0) is 0 Å². The molecule has 0 saturated carbocycles. The second-order valence-corrected chi connectivity index (χ2v) is 4.74. The molecular weight excluding hydrogens is 239 g/mol. The summed E-state index contributed by atoms with van der Waals surface area (Å²) in [5.74, 6) is -0.228. The summed E-state index contributed by atoms with van der Waals surface area (Å²) in [6.45, 7) is 2.86. The predicted molar refractivity (Wildman–Crippen MR) is 77.6 cm³/mol. The van der Waals surface area contributed by atoms with E-state index in [0.29, 0.717) is 0 Å². The molecule has 0 spiro atoms. The van der Waals surface area contributed by atoms with Crippen molar-refractivity contribution in [2.24, 2.45) is 5.73 Å². The first-order chi connectivity index (χ1) is 9.15. The lowest BCUT2D eigenvalue weighted by molar-refractivity contribution is 0.622. The number of benzene rings is 2. The van der Waals surface area contributed by atoms with E-state index in [9.17, 15) is 4.39 Å². The van der Waals surface area contributed by atoms with Gasteiger partial charge >= 0.3 is 0 Å². The Morgan fingerprint density at radius 3 is 2.32 bits per heavy atom. The first-order valence-electron chi connectivity index (χ1n) is 6.47. The Balaban J connectivity index is 1.82. The van der Waals surface area contributed by atoms with E-state index in [0.717, 1.165) is 24.2 Å². The third-order valence-electron chi connectivity index (χ3n) is 3.13. The van der Waals surface area contributed by atoms with E-state index in [1.807, 2.05) is 0 Å². The van der Waals surface area contributed by atoms with Crippen LogP contribution in [0.5, 0.6) is 0 Å². The Hall–Kier alpha value is -1.87. The molecule has 0 aliphatic heterocycles. The molecule has 0 radical (unpaired) electrons. The van der Waals surface area contributed by atoms with E-state index in [2.05, 4.69) is 36.5 Å². The molecule has 2 aromatic rings. The summed E-state index contributed by atoms with van der Waals surface area (Å²) in [5.41, 5.74) is 9.37. The molecule has 0 saturated heterocycles. The Bertz CT molecular complexity index is 505. The van der Waals surface area contributed by atoms with Gasteiger partial charge in [-0.3, -0.25) is 0 Å².